The standard InChI is InChI=1S/C39H49N5O7S2/c1-22(2)30-21-52-35(41-30)29-18-32(27-14-15-31(50-6)23(3)33(27)40-29)51-25-17-28-34(45)42-39(36(46)43-53(48,49)26-12-13-26)19-24(39)11-9-7-8-10-16-44(5)37(47)38(28,4)20-25/h9,11,14-15,18,21-22,24-26,28H,7-8,10,12-13,16-17,19-20H2,1-6H3,(H,42,45)(H,43,46)/b11-9-/t24-,25+,28-,38-,39+/m0/s1. The first-order chi connectivity index (χ1) is 25.2. The Balaban J connectivity index is 1.24. The van der Waals surface area contributed by atoms with Crippen molar-refractivity contribution < 1.29 is 32.3 Å². The zero-order valence-corrected chi connectivity index (χ0v) is 32.9. The fourth-order valence-corrected chi connectivity index (χ4v) is 10.3. The number of thiazole rings is 1. The number of amides is 3. The SMILES string of the molecule is COc1ccc2c(O[C@@H]3C[C@H]4C(=O)N[C@]5(C(=O)NS(=O)(=O)C6CC6)C[C@@H]5/C=C\CCCCN(C)C(=O)[C@@]4(C)C3)cc(-c3nc(C(C)C)cs3)nc2c1C. The molecule has 14 heteroatoms. The Bertz CT molecular complexity index is 2090. The summed E-state index contributed by atoms with van der Waals surface area (Å²) in [5, 5.41) is 5.96. The summed E-state index contributed by atoms with van der Waals surface area (Å²) in [4.78, 5) is 54.1. The number of nitrogens with zero attached hydrogens (tertiary/aromatic N) is 3. The summed E-state index contributed by atoms with van der Waals surface area (Å²) >= 11 is 1.51. The van der Waals surface area contributed by atoms with Gasteiger partial charge in [-0.3, -0.25) is 19.1 Å². The second-order valence-electron chi connectivity index (χ2n) is 15.8. The highest BCUT2D eigenvalue weighted by Crippen LogP contribution is 2.50. The van der Waals surface area contributed by atoms with Crippen molar-refractivity contribution >= 4 is 50.0 Å². The third-order valence-corrected chi connectivity index (χ3v) is 14.2. The largest absolute Gasteiger partial charge is 0.496 e. The molecule has 0 unspecified atom stereocenters. The molecule has 0 saturated heterocycles. The molecule has 1 aromatic carbocycles. The van der Waals surface area contributed by atoms with Crippen molar-refractivity contribution in [1.82, 2.24) is 24.9 Å². The lowest BCUT2D eigenvalue weighted by Gasteiger charge is -2.34. The van der Waals surface area contributed by atoms with Crippen molar-refractivity contribution in [2.24, 2.45) is 17.3 Å². The first-order valence-corrected chi connectivity index (χ1v) is 21.0. The number of rotatable bonds is 8. The summed E-state index contributed by atoms with van der Waals surface area (Å²) in [5.41, 5.74) is 0.609. The Morgan fingerprint density at radius 1 is 1.13 bits per heavy atom. The lowest BCUT2D eigenvalue weighted by molar-refractivity contribution is -0.147. The van der Waals surface area contributed by atoms with E-state index in [4.69, 9.17) is 19.4 Å². The van der Waals surface area contributed by atoms with Crippen LogP contribution in [0.5, 0.6) is 11.5 Å². The van der Waals surface area contributed by atoms with Gasteiger partial charge in [-0.05, 0) is 83.3 Å². The Hall–Kier alpha value is -4.04. The van der Waals surface area contributed by atoms with E-state index in [1.54, 1.807) is 19.1 Å². The second-order valence-corrected chi connectivity index (χ2v) is 18.6. The monoisotopic (exact) mass is 763 g/mol. The number of allylic oxidation sites excluding steroid dienone is 1. The van der Waals surface area contributed by atoms with Crippen LogP contribution in [0.4, 0.5) is 0 Å². The van der Waals surface area contributed by atoms with Gasteiger partial charge in [0.25, 0.3) is 5.91 Å². The molecule has 5 atom stereocenters. The predicted molar refractivity (Wildman–Crippen MR) is 203 cm³/mol. The van der Waals surface area contributed by atoms with Gasteiger partial charge in [0.15, 0.2) is 0 Å². The molecule has 3 heterocycles. The summed E-state index contributed by atoms with van der Waals surface area (Å²) in [7, 11) is -0.451. The zero-order valence-electron chi connectivity index (χ0n) is 31.2. The number of aryl methyl sites for hydroxylation is 1. The number of carbonyl (C=O) groups excluding carboxylic acids is 3. The minimum atomic E-state index is -3.84. The molecule has 3 aromatic rings. The van der Waals surface area contributed by atoms with E-state index in [0.29, 0.717) is 42.1 Å². The number of fused-ring (bicyclic) bond motifs is 3. The number of methoxy groups -OCH3 is 1. The molecule has 3 saturated carbocycles. The van der Waals surface area contributed by atoms with Gasteiger partial charge in [0.2, 0.25) is 21.8 Å². The molecule has 1 aliphatic heterocycles. The van der Waals surface area contributed by atoms with E-state index in [2.05, 4.69) is 23.9 Å². The van der Waals surface area contributed by atoms with Crippen molar-refractivity contribution in [3.05, 3.63) is 47.0 Å². The minimum Gasteiger partial charge on any atom is -0.496 e. The van der Waals surface area contributed by atoms with Gasteiger partial charge >= 0.3 is 0 Å². The third kappa shape index (κ3) is 7.04. The van der Waals surface area contributed by atoms with E-state index in [9.17, 15) is 22.8 Å². The van der Waals surface area contributed by atoms with Crippen molar-refractivity contribution in [3.8, 4) is 22.2 Å². The molecule has 3 aliphatic carbocycles. The maximum Gasteiger partial charge on any atom is 0.259 e. The van der Waals surface area contributed by atoms with E-state index < -0.39 is 50.1 Å². The van der Waals surface area contributed by atoms with Crippen LogP contribution in [0.1, 0.15) is 89.3 Å². The molecule has 7 rings (SSSR count). The highest BCUT2D eigenvalue weighted by atomic mass is 32.2. The van der Waals surface area contributed by atoms with Crippen LogP contribution in [0.15, 0.2) is 35.7 Å². The van der Waals surface area contributed by atoms with E-state index in [0.717, 1.165) is 40.9 Å². The van der Waals surface area contributed by atoms with Gasteiger partial charge < -0.3 is 19.7 Å². The normalized spacial score (nSPS) is 28.5. The summed E-state index contributed by atoms with van der Waals surface area (Å²) < 4.78 is 40.4. The molecule has 0 spiro atoms. The topological polar surface area (TPSA) is 157 Å². The molecule has 284 valence electrons. The van der Waals surface area contributed by atoms with Gasteiger partial charge in [0, 0.05) is 41.9 Å². The van der Waals surface area contributed by atoms with Gasteiger partial charge in [0.05, 0.1) is 34.9 Å². The Labute approximate surface area is 315 Å². The maximum atomic E-state index is 14.5. The van der Waals surface area contributed by atoms with E-state index in [1.807, 2.05) is 49.6 Å². The van der Waals surface area contributed by atoms with Crippen LogP contribution >= 0.6 is 11.3 Å². The average molecular weight is 764 g/mol. The van der Waals surface area contributed by atoms with Crippen molar-refractivity contribution in [2.45, 2.75) is 102 Å². The van der Waals surface area contributed by atoms with Crippen LogP contribution in [0, 0.1) is 24.2 Å². The molecule has 2 aromatic heterocycles. The van der Waals surface area contributed by atoms with Gasteiger partial charge in [-0.25, -0.2) is 18.4 Å². The van der Waals surface area contributed by atoms with E-state index in [1.165, 1.54) is 11.3 Å². The summed E-state index contributed by atoms with van der Waals surface area (Å²) in [6, 6.07) is 5.67. The number of benzene rings is 1. The zero-order chi connectivity index (χ0) is 37.9. The van der Waals surface area contributed by atoms with Gasteiger partial charge in [-0.15, -0.1) is 11.3 Å². The molecule has 3 fully saturated rings. The molecular formula is C39H49N5O7S2. The second kappa shape index (κ2) is 14.0. The molecule has 3 amide bonds. The van der Waals surface area contributed by atoms with E-state index in [-0.39, 0.29) is 37.0 Å². The van der Waals surface area contributed by atoms with Crippen LogP contribution < -0.4 is 19.5 Å². The predicted octanol–water partition coefficient (Wildman–Crippen LogP) is 5.64. The summed E-state index contributed by atoms with van der Waals surface area (Å²) in [5.74, 6) is -1.05. The van der Waals surface area contributed by atoms with Crippen molar-refractivity contribution in [2.75, 3.05) is 20.7 Å². The molecular weight excluding hydrogens is 715 g/mol. The van der Waals surface area contributed by atoms with Crippen LogP contribution in [0.25, 0.3) is 21.6 Å². The number of sulfonamides is 1. The van der Waals surface area contributed by atoms with Gasteiger partial charge in [-0.1, -0.05) is 26.0 Å². The van der Waals surface area contributed by atoms with Gasteiger partial charge in [0.1, 0.15) is 33.8 Å². The number of hydrogen-bond acceptors (Lipinski definition) is 10. The quantitative estimate of drug-likeness (QED) is 0.277. The fraction of sp³-hybridized carbons (Fsp3) is 0.564. The Kier molecular flexibility index (Phi) is 9.84. The summed E-state index contributed by atoms with van der Waals surface area (Å²) in [6.07, 6.45) is 7.49. The Morgan fingerprint density at radius 3 is 2.60 bits per heavy atom. The highest BCUT2D eigenvalue weighted by Gasteiger charge is 2.63. The number of ether oxygens (including phenoxy) is 2. The number of pyridine rings is 1. The first-order valence-electron chi connectivity index (χ1n) is 18.6. The molecule has 12 nitrogen and oxygen atoms in total. The van der Waals surface area contributed by atoms with Crippen molar-refractivity contribution in [3.63, 3.8) is 0 Å². The third-order valence-electron chi connectivity index (χ3n) is 11.5. The van der Waals surface area contributed by atoms with Crippen LogP contribution in [0.2, 0.25) is 0 Å². The minimum absolute atomic E-state index is 0.164. The molecule has 53 heavy (non-hydrogen) atoms. The van der Waals surface area contributed by atoms with Crippen LogP contribution in [-0.2, 0) is 24.4 Å². The van der Waals surface area contributed by atoms with Crippen LogP contribution in [-0.4, -0.2) is 78.6 Å². The van der Waals surface area contributed by atoms with Gasteiger partial charge in [-0.2, -0.15) is 0 Å². The maximum absolute atomic E-state index is 14.5. The Morgan fingerprint density at radius 2 is 1.91 bits per heavy atom. The molecule has 0 radical (unpaired) electrons. The lowest BCUT2D eigenvalue weighted by Crippen LogP contribution is -2.56. The average Bonchev–Trinajstić information content (AvgIpc) is 4.01. The molecule has 2 N–H and O–H groups in total. The first kappa shape index (κ1) is 37.3. The number of aromatic nitrogens is 2. The highest BCUT2D eigenvalue weighted by molar-refractivity contribution is 7.91. The molecule has 4 aliphatic rings. The fourth-order valence-electron chi connectivity index (χ4n) is 7.98. The van der Waals surface area contributed by atoms with E-state index >= 15 is 0 Å². The number of carbonyl (C=O) groups is 3. The smallest absolute Gasteiger partial charge is 0.259 e. The van der Waals surface area contributed by atoms with Crippen LogP contribution in [0.3, 0.4) is 0 Å². The number of hydrogen-bond donors (Lipinski definition) is 2. The lowest BCUT2D eigenvalue weighted by atomic mass is 9.77. The number of nitrogens with one attached hydrogen (secondary N) is 2. The molecule has 0 bridgehead atoms. The van der Waals surface area contributed by atoms with Crippen molar-refractivity contribution in [1.29, 1.82) is 0 Å². The summed E-state index contributed by atoms with van der Waals surface area (Å²) in [6.45, 7) is 8.49.